The third kappa shape index (κ3) is 5.33. The van der Waals surface area contributed by atoms with Crippen molar-refractivity contribution in [1.29, 1.82) is 0 Å². The smallest absolute Gasteiger partial charge is 0.323 e. The molecule has 1 saturated heterocycles. The second kappa shape index (κ2) is 9.03. The minimum atomic E-state index is -0.859. The number of amides is 3. The van der Waals surface area contributed by atoms with Gasteiger partial charge in [0.05, 0.1) is 0 Å². The van der Waals surface area contributed by atoms with E-state index in [1.807, 2.05) is 11.0 Å². The molecule has 7 nitrogen and oxygen atoms in total. The number of benzene rings is 2. The minimum absolute atomic E-state index is 0.0201. The van der Waals surface area contributed by atoms with Crippen LogP contribution in [0.2, 0.25) is 0 Å². The lowest BCUT2D eigenvalue weighted by atomic mass is 10.1. The second-order valence-electron chi connectivity index (χ2n) is 6.75. The molecular formula is C21H23N3O4. The molecule has 1 aliphatic rings. The van der Waals surface area contributed by atoms with Gasteiger partial charge in [-0.25, -0.2) is 4.79 Å². The maximum Gasteiger partial charge on any atom is 0.323 e. The largest absolute Gasteiger partial charge is 0.481 e. The first-order chi connectivity index (χ1) is 13.5. The lowest BCUT2D eigenvalue weighted by Gasteiger charge is -2.15. The Morgan fingerprint density at radius 3 is 2.29 bits per heavy atom. The molecule has 0 spiro atoms. The Kier molecular flexibility index (Phi) is 6.26. The number of hydrogen-bond donors (Lipinski definition) is 3. The molecule has 0 atom stereocenters. The maximum atomic E-state index is 12.3. The van der Waals surface area contributed by atoms with Crippen LogP contribution in [0.5, 0.6) is 0 Å². The molecule has 2 aromatic carbocycles. The van der Waals surface area contributed by atoms with Crippen LogP contribution in [0.25, 0.3) is 0 Å². The molecule has 0 unspecified atom stereocenters. The van der Waals surface area contributed by atoms with Crippen molar-refractivity contribution in [3.8, 4) is 0 Å². The fourth-order valence-electron chi connectivity index (χ4n) is 3.15. The SMILES string of the molecule is O=C(O)CCc1cccc(NC(=O)Nc2ccc(C(=O)N3CCCC3)cc2)c1. The van der Waals surface area contributed by atoms with E-state index in [9.17, 15) is 14.4 Å². The highest BCUT2D eigenvalue weighted by molar-refractivity contribution is 6.00. The van der Waals surface area contributed by atoms with E-state index in [-0.39, 0.29) is 12.3 Å². The number of urea groups is 1. The van der Waals surface area contributed by atoms with E-state index in [2.05, 4.69) is 10.6 Å². The molecule has 3 rings (SSSR count). The predicted molar refractivity (Wildman–Crippen MR) is 107 cm³/mol. The second-order valence-corrected chi connectivity index (χ2v) is 6.75. The van der Waals surface area contributed by atoms with Crippen LogP contribution in [0, 0.1) is 0 Å². The number of aryl methyl sites for hydroxylation is 1. The van der Waals surface area contributed by atoms with E-state index in [0.717, 1.165) is 31.5 Å². The summed E-state index contributed by atoms with van der Waals surface area (Å²) < 4.78 is 0. The van der Waals surface area contributed by atoms with Gasteiger partial charge >= 0.3 is 12.0 Å². The Morgan fingerprint density at radius 1 is 0.929 bits per heavy atom. The van der Waals surface area contributed by atoms with Gasteiger partial charge in [0.2, 0.25) is 0 Å². The van der Waals surface area contributed by atoms with Crippen LogP contribution in [-0.2, 0) is 11.2 Å². The first-order valence-corrected chi connectivity index (χ1v) is 9.29. The Morgan fingerprint density at radius 2 is 1.61 bits per heavy atom. The molecule has 0 saturated carbocycles. The third-order valence-electron chi connectivity index (χ3n) is 4.60. The lowest BCUT2D eigenvalue weighted by Crippen LogP contribution is -2.27. The van der Waals surface area contributed by atoms with Gasteiger partial charge in [0, 0.05) is 36.4 Å². The van der Waals surface area contributed by atoms with Gasteiger partial charge in [-0.1, -0.05) is 12.1 Å². The summed E-state index contributed by atoms with van der Waals surface area (Å²) in [7, 11) is 0. The molecule has 0 radical (unpaired) electrons. The van der Waals surface area contributed by atoms with Crippen molar-refractivity contribution in [2.24, 2.45) is 0 Å². The summed E-state index contributed by atoms with van der Waals surface area (Å²) in [6, 6.07) is 13.5. The van der Waals surface area contributed by atoms with Gasteiger partial charge < -0.3 is 20.6 Å². The number of carboxylic acid groups (broad SMARTS) is 1. The summed E-state index contributed by atoms with van der Waals surface area (Å²) in [6.45, 7) is 1.60. The molecule has 0 aromatic heterocycles. The maximum absolute atomic E-state index is 12.3. The summed E-state index contributed by atoms with van der Waals surface area (Å²) in [5.41, 5.74) is 2.61. The molecule has 2 aromatic rings. The van der Waals surface area contributed by atoms with Gasteiger partial charge in [0.1, 0.15) is 0 Å². The Hall–Kier alpha value is -3.35. The fraction of sp³-hybridized carbons (Fsp3) is 0.286. The van der Waals surface area contributed by atoms with Crippen LogP contribution in [-0.4, -0.2) is 41.0 Å². The predicted octanol–water partition coefficient (Wildman–Crippen LogP) is 3.58. The van der Waals surface area contributed by atoms with Crippen LogP contribution < -0.4 is 10.6 Å². The van der Waals surface area contributed by atoms with Crippen molar-refractivity contribution < 1.29 is 19.5 Å². The van der Waals surface area contributed by atoms with Crippen LogP contribution in [0.3, 0.4) is 0 Å². The molecule has 3 N–H and O–H groups in total. The highest BCUT2D eigenvalue weighted by Gasteiger charge is 2.19. The standard InChI is InChI=1S/C21H23N3O4/c25-19(26)11-6-15-4-3-5-18(14-15)23-21(28)22-17-9-7-16(8-10-17)20(27)24-12-1-2-13-24/h3-5,7-10,14H,1-2,6,11-13H2,(H,25,26)(H2,22,23,28). The van der Waals surface area contributed by atoms with Gasteiger partial charge in [-0.3, -0.25) is 9.59 Å². The van der Waals surface area contributed by atoms with E-state index in [1.165, 1.54) is 0 Å². The zero-order valence-corrected chi connectivity index (χ0v) is 15.5. The van der Waals surface area contributed by atoms with Gasteiger partial charge in [-0.2, -0.15) is 0 Å². The number of rotatable bonds is 6. The first-order valence-electron chi connectivity index (χ1n) is 9.29. The van der Waals surface area contributed by atoms with Gasteiger partial charge in [0.25, 0.3) is 5.91 Å². The van der Waals surface area contributed by atoms with Crippen LogP contribution in [0.15, 0.2) is 48.5 Å². The number of carbonyl (C=O) groups excluding carboxylic acids is 2. The first kappa shape index (κ1) is 19.4. The molecule has 146 valence electrons. The highest BCUT2D eigenvalue weighted by atomic mass is 16.4. The Balaban J connectivity index is 1.55. The van der Waals surface area contributed by atoms with E-state index >= 15 is 0 Å². The molecule has 7 heteroatoms. The third-order valence-corrected chi connectivity index (χ3v) is 4.60. The van der Waals surface area contributed by atoms with E-state index in [1.54, 1.807) is 42.5 Å². The number of hydrogen-bond acceptors (Lipinski definition) is 3. The molecule has 28 heavy (non-hydrogen) atoms. The zero-order chi connectivity index (χ0) is 19.9. The van der Waals surface area contributed by atoms with Crippen molar-refractivity contribution in [2.45, 2.75) is 25.7 Å². The fourth-order valence-corrected chi connectivity index (χ4v) is 3.15. The number of carbonyl (C=O) groups is 3. The summed E-state index contributed by atoms with van der Waals surface area (Å²) in [5.74, 6) is -0.838. The molecule has 1 fully saturated rings. The minimum Gasteiger partial charge on any atom is -0.481 e. The summed E-state index contributed by atoms with van der Waals surface area (Å²) in [6.07, 6.45) is 2.53. The van der Waals surface area contributed by atoms with Crippen molar-refractivity contribution in [3.05, 3.63) is 59.7 Å². The van der Waals surface area contributed by atoms with Crippen LogP contribution >= 0.6 is 0 Å². The quantitative estimate of drug-likeness (QED) is 0.712. The number of anilines is 2. The molecule has 0 bridgehead atoms. The van der Waals surface area contributed by atoms with E-state index in [4.69, 9.17) is 5.11 Å². The van der Waals surface area contributed by atoms with Gasteiger partial charge in [-0.05, 0) is 61.2 Å². The molecule has 1 heterocycles. The summed E-state index contributed by atoms with van der Waals surface area (Å²) >= 11 is 0. The van der Waals surface area contributed by atoms with Crippen molar-refractivity contribution in [2.75, 3.05) is 23.7 Å². The lowest BCUT2D eigenvalue weighted by molar-refractivity contribution is -0.136. The summed E-state index contributed by atoms with van der Waals surface area (Å²) in [4.78, 5) is 37.0. The van der Waals surface area contributed by atoms with Crippen LogP contribution in [0.4, 0.5) is 16.2 Å². The molecule has 3 amide bonds. The summed E-state index contributed by atoms with van der Waals surface area (Å²) in [5, 5.41) is 14.2. The normalized spacial score (nSPS) is 13.2. The number of likely N-dealkylation sites (tertiary alicyclic amines) is 1. The zero-order valence-electron chi connectivity index (χ0n) is 15.5. The topological polar surface area (TPSA) is 98.7 Å². The molecule has 1 aliphatic heterocycles. The van der Waals surface area contributed by atoms with Crippen LogP contribution in [0.1, 0.15) is 35.2 Å². The average molecular weight is 381 g/mol. The number of nitrogens with one attached hydrogen (secondary N) is 2. The van der Waals surface area contributed by atoms with E-state index in [0.29, 0.717) is 23.4 Å². The highest BCUT2D eigenvalue weighted by Crippen LogP contribution is 2.16. The van der Waals surface area contributed by atoms with Crippen molar-refractivity contribution in [1.82, 2.24) is 4.90 Å². The van der Waals surface area contributed by atoms with E-state index < -0.39 is 12.0 Å². The van der Waals surface area contributed by atoms with Gasteiger partial charge in [-0.15, -0.1) is 0 Å². The molecular weight excluding hydrogens is 358 g/mol. The molecule has 0 aliphatic carbocycles. The average Bonchev–Trinajstić information content (AvgIpc) is 3.21. The monoisotopic (exact) mass is 381 g/mol. The Bertz CT molecular complexity index is 858. The number of nitrogens with zero attached hydrogens (tertiary/aromatic N) is 1. The van der Waals surface area contributed by atoms with Crippen molar-refractivity contribution in [3.63, 3.8) is 0 Å². The Labute approximate surface area is 163 Å². The number of carboxylic acids is 1. The van der Waals surface area contributed by atoms with Gasteiger partial charge in [0.15, 0.2) is 0 Å². The number of aliphatic carboxylic acids is 1. The van der Waals surface area contributed by atoms with Crippen molar-refractivity contribution >= 4 is 29.3 Å².